The Morgan fingerprint density at radius 3 is 3.11 bits per heavy atom. The van der Waals surface area contributed by atoms with E-state index in [1.54, 1.807) is 0 Å². The SMILES string of the molecule is NCC#Cc1cccc(CNC(=O)c2cnns2)c1. The first-order valence-corrected chi connectivity index (χ1v) is 6.40. The molecule has 0 aliphatic rings. The van der Waals surface area contributed by atoms with Crippen LogP contribution in [0, 0.1) is 11.8 Å². The van der Waals surface area contributed by atoms with Gasteiger partial charge in [0.05, 0.1) is 12.7 Å². The van der Waals surface area contributed by atoms with Gasteiger partial charge in [-0.2, -0.15) is 0 Å². The predicted molar refractivity (Wildman–Crippen MR) is 73.5 cm³/mol. The molecule has 0 aliphatic carbocycles. The Hall–Kier alpha value is -2.23. The van der Waals surface area contributed by atoms with Gasteiger partial charge in [-0.25, -0.2) is 0 Å². The van der Waals surface area contributed by atoms with Gasteiger partial charge in [0.1, 0.15) is 4.88 Å². The summed E-state index contributed by atoms with van der Waals surface area (Å²) < 4.78 is 3.65. The normalized spacial score (nSPS) is 9.53. The molecule has 0 saturated heterocycles. The monoisotopic (exact) mass is 272 g/mol. The second kappa shape index (κ2) is 6.64. The van der Waals surface area contributed by atoms with Crippen molar-refractivity contribution >= 4 is 17.4 Å². The van der Waals surface area contributed by atoms with Crippen LogP contribution in [0.1, 0.15) is 20.8 Å². The molecule has 1 aromatic carbocycles. The van der Waals surface area contributed by atoms with E-state index in [0.29, 0.717) is 18.0 Å². The van der Waals surface area contributed by atoms with Gasteiger partial charge in [0.25, 0.3) is 5.91 Å². The maximum atomic E-state index is 11.7. The van der Waals surface area contributed by atoms with E-state index in [2.05, 4.69) is 26.7 Å². The summed E-state index contributed by atoms with van der Waals surface area (Å²) in [7, 11) is 0. The number of carbonyl (C=O) groups excluding carboxylic acids is 1. The van der Waals surface area contributed by atoms with Gasteiger partial charge >= 0.3 is 0 Å². The molecule has 0 radical (unpaired) electrons. The van der Waals surface area contributed by atoms with E-state index in [-0.39, 0.29) is 5.91 Å². The summed E-state index contributed by atoms with van der Waals surface area (Å²) >= 11 is 1.07. The molecular weight excluding hydrogens is 260 g/mol. The average molecular weight is 272 g/mol. The van der Waals surface area contributed by atoms with Gasteiger partial charge in [-0.05, 0) is 29.2 Å². The molecule has 0 atom stereocenters. The van der Waals surface area contributed by atoms with Gasteiger partial charge in [0.15, 0.2) is 0 Å². The second-order valence-electron chi connectivity index (χ2n) is 3.67. The summed E-state index contributed by atoms with van der Waals surface area (Å²) in [6, 6.07) is 7.66. The van der Waals surface area contributed by atoms with Crippen LogP contribution in [-0.4, -0.2) is 22.0 Å². The van der Waals surface area contributed by atoms with Crippen LogP contribution in [-0.2, 0) is 6.54 Å². The first kappa shape index (κ1) is 13.2. The third-order valence-corrected chi connectivity index (χ3v) is 2.96. The van der Waals surface area contributed by atoms with Crippen LogP contribution < -0.4 is 11.1 Å². The molecule has 5 nitrogen and oxygen atoms in total. The van der Waals surface area contributed by atoms with E-state index in [9.17, 15) is 4.79 Å². The summed E-state index contributed by atoms with van der Waals surface area (Å²) in [5.74, 6) is 5.58. The number of nitrogens with one attached hydrogen (secondary N) is 1. The molecule has 0 spiro atoms. The fourth-order valence-electron chi connectivity index (χ4n) is 1.45. The van der Waals surface area contributed by atoms with Gasteiger partial charge in [-0.15, -0.1) is 5.10 Å². The molecule has 0 unspecified atom stereocenters. The standard InChI is InChI=1S/C13H12N4OS/c14-6-2-5-10-3-1-4-11(7-10)8-15-13(18)12-9-16-17-19-12/h1,3-4,7,9H,6,8,14H2,(H,15,18). The number of nitrogens with zero attached hydrogens (tertiary/aromatic N) is 2. The van der Waals surface area contributed by atoms with E-state index in [1.807, 2.05) is 24.3 Å². The van der Waals surface area contributed by atoms with Crippen molar-refractivity contribution in [1.29, 1.82) is 0 Å². The van der Waals surface area contributed by atoms with Crippen molar-refractivity contribution in [1.82, 2.24) is 14.9 Å². The van der Waals surface area contributed by atoms with Gasteiger partial charge in [0.2, 0.25) is 0 Å². The topological polar surface area (TPSA) is 80.9 Å². The van der Waals surface area contributed by atoms with Gasteiger partial charge in [-0.1, -0.05) is 28.5 Å². The number of carbonyl (C=O) groups is 1. The van der Waals surface area contributed by atoms with E-state index in [4.69, 9.17) is 5.73 Å². The van der Waals surface area contributed by atoms with Crippen molar-refractivity contribution in [2.24, 2.45) is 5.73 Å². The molecule has 1 heterocycles. The second-order valence-corrected chi connectivity index (χ2v) is 4.46. The van der Waals surface area contributed by atoms with Gasteiger partial charge in [-0.3, -0.25) is 4.79 Å². The Kier molecular flexibility index (Phi) is 4.61. The van der Waals surface area contributed by atoms with Crippen molar-refractivity contribution in [3.63, 3.8) is 0 Å². The Morgan fingerprint density at radius 1 is 1.47 bits per heavy atom. The highest BCUT2D eigenvalue weighted by Gasteiger charge is 2.07. The summed E-state index contributed by atoms with van der Waals surface area (Å²) in [5.41, 5.74) is 7.19. The Bertz CT molecular complexity index is 613. The largest absolute Gasteiger partial charge is 0.347 e. The fraction of sp³-hybridized carbons (Fsp3) is 0.154. The molecule has 1 amide bonds. The molecule has 6 heteroatoms. The minimum Gasteiger partial charge on any atom is -0.347 e. The van der Waals surface area contributed by atoms with Crippen LogP contribution >= 0.6 is 11.5 Å². The summed E-state index contributed by atoms with van der Waals surface area (Å²) in [5, 5.41) is 6.43. The molecule has 1 aromatic heterocycles. The van der Waals surface area contributed by atoms with Crippen LogP contribution in [0.5, 0.6) is 0 Å². The maximum absolute atomic E-state index is 11.7. The minimum atomic E-state index is -0.173. The molecule has 0 fully saturated rings. The van der Waals surface area contributed by atoms with Gasteiger partial charge in [0, 0.05) is 12.1 Å². The van der Waals surface area contributed by atoms with Crippen molar-refractivity contribution in [3.8, 4) is 11.8 Å². The lowest BCUT2D eigenvalue weighted by Gasteiger charge is -2.03. The van der Waals surface area contributed by atoms with Crippen molar-refractivity contribution in [2.45, 2.75) is 6.54 Å². The molecule has 2 aromatic rings. The molecule has 2 rings (SSSR count). The van der Waals surface area contributed by atoms with Crippen molar-refractivity contribution in [3.05, 3.63) is 46.5 Å². The number of amides is 1. The summed E-state index contributed by atoms with van der Waals surface area (Å²) in [4.78, 5) is 12.2. The number of hydrogen-bond acceptors (Lipinski definition) is 5. The Labute approximate surface area is 115 Å². The van der Waals surface area contributed by atoms with Crippen LogP contribution in [0.3, 0.4) is 0 Å². The molecule has 96 valence electrons. The fourth-order valence-corrected chi connectivity index (χ4v) is 1.88. The summed E-state index contributed by atoms with van der Waals surface area (Å²) in [6.45, 7) is 0.772. The van der Waals surface area contributed by atoms with Crippen LogP contribution in [0.15, 0.2) is 30.5 Å². The predicted octanol–water partition coefficient (Wildman–Crippen LogP) is 0.778. The average Bonchev–Trinajstić information content (AvgIpc) is 2.97. The lowest BCUT2D eigenvalue weighted by atomic mass is 10.1. The lowest BCUT2D eigenvalue weighted by molar-refractivity contribution is 0.0955. The lowest BCUT2D eigenvalue weighted by Crippen LogP contribution is -2.21. The number of rotatable bonds is 3. The third kappa shape index (κ3) is 3.88. The molecule has 0 aliphatic heterocycles. The quantitative estimate of drug-likeness (QED) is 0.809. The molecule has 19 heavy (non-hydrogen) atoms. The van der Waals surface area contributed by atoms with E-state index in [1.165, 1.54) is 6.20 Å². The molecule has 0 saturated carbocycles. The first-order chi connectivity index (χ1) is 9.29. The zero-order chi connectivity index (χ0) is 13.5. The maximum Gasteiger partial charge on any atom is 0.264 e. The highest BCUT2D eigenvalue weighted by molar-refractivity contribution is 7.07. The number of nitrogens with two attached hydrogens (primary N) is 1. The zero-order valence-corrected chi connectivity index (χ0v) is 10.9. The Balaban J connectivity index is 1.98. The first-order valence-electron chi connectivity index (χ1n) is 5.63. The van der Waals surface area contributed by atoms with Crippen LogP contribution in [0.2, 0.25) is 0 Å². The number of hydrogen-bond donors (Lipinski definition) is 2. The molecular formula is C13H12N4OS. The third-order valence-electron chi connectivity index (χ3n) is 2.30. The molecule has 0 bridgehead atoms. The zero-order valence-electron chi connectivity index (χ0n) is 10.1. The molecule has 3 N–H and O–H groups in total. The number of benzene rings is 1. The van der Waals surface area contributed by atoms with E-state index < -0.39 is 0 Å². The minimum absolute atomic E-state index is 0.173. The van der Waals surface area contributed by atoms with Crippen LogP contribution in [0.25, 0.3) is 0 Å². The highest BCUT2D eigenvalue weighted by atomic mass is 32.1. The number of aromatic nitrogens is 2. The van der Waals surface area contributed by atoms with E-state index in [0.717, 1.165) is 22.7 Å². The van der Waals surface area contributed by atoms with Crippen molar-refractivity contribution < 1.29 is 4.79 Å². The van der Waals surface area contributed by atoms with Crippen LogP contribution in [0.4, 0.5) is 0 Å². The van der Waals surface area contributed by atoms with Crippen molar-refractivity contribution in [2.75, 3.05) is 6.54 Å². The van der Waals surface area contributed by atoms with Gasteiger partial charge < -0.3 is 11.1 Å². The summed E-state index contributed by atoms with van der Waals surface area (Å²) in [6.07, 6.45) is 1.45. The highest BCUT2D eigenvalue weighted by Crippen LogP contribution is 2.05. The smallest absolute Gasteiger partial charge is 0.264 e. The van der Waals surface area contributed by atoms with E-state index >= 15 is 0 Å². The Morgan fingerprint density at radius 2 is 2.37 bits per heavy atom.